The minimum atomic E-state index is -0.269. The van der Waals surface area contributed by atoms with E-state index in [0.717, 1.165) is 22.2 Å². The van der Waals surface area contributed by atoms with Gasteiger partial charge < -0.3 is 9.30 Å². The Morgan fingerprint density at radius 1 is 1.28 bits per heavy atom. The van der Waals surface area contributed by atoms with Gasteiger partial charge in [0.2, 0.25) is 0 Å². The van der Waals surface area contributed by atoms with Gasteiger partial charge in [-0.05, 0) is 35.9 Å². The molecule has 6 heteroatoms. The predicted octanol–water partition coefficient (Wildman–Crippen LogP) is 2.67. The number of nitrogens with zero attached hydrogens (tertiary/aromatic N) is 3. The maximum absolute atomic E-state index is 12.1. The van der Waals surface area contributed by atoms with Gasteiger partial charge in [-0.15, -0.1) is 0 Å². The number of benzene rings is 2. The number of ether oxygens (including phenoxy) is 1. The SMILES string of the molecule is COc1ccc(/C=N/NC(=O)Cn2cc(C#N)c3ccccc32)cc1. The molecule has 0 aliphatic carbocycles. The molecule has 25 heavy (non-hydrogen) atoms. The highest BCUT2D eigenvalue weighted by Crippen LogP contribution is 2.20. The number of para-hydroxylation sites is 1. The molecule has 0 bridgehead atoms. The van der Waals surface area contributed by atoms with Gasteiger partial charge in [-0.3, -0.25) is 4.79 Å². The van der Waals surface area contributed by atoms with Crippen molar-refractivity contribution in [2.24, 2.45) is 5.10 Å². The maximum atomic E-state index is 12.1. The molecular formula is C19H16N4O2. The standard InChI is InChI=1S/C19H16N4O2/c1-25-16-8-6-14(7-9-16)11-21-22-19(24)13-23-12-15(10-20)17-4-2-3-5-18(17)23/h2-9,11-12H,13H2,1H3,(H,22,24)/b21-11+. The summed E-state index contributed by atoms with van der Waals surface area (Å²) >= 11 is 0. The van der Waals surface area contributed by atoms with Crippen molar-refractivity contribution in [3.8, 4) is 11.8 Å². The maximum Gasteiger partial charge on any atom is 0.259 e. The Bertz CT molecular complexity index is 965. The van der Waals surface area contributed by atoms with Crippen LogP contribution in [-0.2, 0) is 11.3 Å². The Balaban J connectivity index is 1.66. The van der Waals surface area contributed by atoms with Crippen LogP contribution in [0.3, 0.4) is 0 Å². The summed E-state index contributed by atoms with van der Waals surface area (Å²) < 4.78 is 6.83. The van der Waals surface area contributed by atoms with E-state index in [1.807, 2.05) is 48.5 Å². The molecule has 6 nitrogen and oxygen atoms in total. The number of amides is 1. The molecule has 0 aliphatic rings. The van der Waals surface area contributed by atoms with Crippen LogP contribution < -0.4 is 10.2 Å². The number of hydrogen-bond acceptors (Lipinski definition) is 4. The summed E-state index contributed by atoms with van der Waals surface area (Å²) in [4.78, 5) is 12.1. The number of nitrogens with one attached hydrogen (secondary N) is 1. The Labute approximate surface area is 144 Å². The largest absolute Gasteiger partial charge is 0.497 e. The van der Waals surface area contributed by atoms with E-state index in [2.05, 4.69) is 16.6 Å². The highest BCUT2D eigenvalue weighted by molar-refractivity contribution is 5.88. The van der Waals surface area contributed by atoms with Gasteiger partial charge in [0.15, 0.2) is 0 Å². The second-order valence-electron chi connectivity index (χ2n) is 5.37. The molecule has 0 saturated heterocycles. The van der Waals surface area contributed by atoms with Crippen LogP contribution in [0, 0.1) is 11.3 Å². The van der Waals surface area contributed by atoms with Crippen LogP contribution in [0.4, 0.5) is 0 Å². The molecule has 0 spiro atoms. The van der Waals surface area contributed by atoms with Gasteiger partial charge in [0.25, 0.3) is 5.91 Å². The first kappa shape index (κ1) is 16.3. The Hall–Kier alpha value is -3.59. The van der Waals surface area contributed by atoms with E-state index in [-0.39, 0.29) is 12.5 Å². The lowest BCUT2D eigenvalue weighted by Crippen LogP contribution is -2.22. The highest BCUT2D eigenvalue weighted by Gasteiger charge is 2.10. The Morgan fingerprint density at radius 2 is 2.04 bits per heavy atom. The summed E-state index contributed by atoms with van der Waals surface area (Å²) in [7, 11) is 1.60. The number of carbonyl (C=O) groups is 1. The number of carbonyl (C=O) groups excluding carboxylic acids is 1. The number of nitriles is 1. The fraction of sp³-hybridized carbons (Fsp3) is 0.105. The molecule has 3 aromatic rings. The van der Waals surface area contributed by atoms with E-state index in [4.69, 9.17) is 4.74 Å². The lowest BCUT2D eigenvalue weighted by Gasteiger charge is -2.04. The highest BCUT2D eigenvalue weighted by atomic mass is 16.5. The number of fused-ring (bicyclic) bond motifs is 1. The van der Waals surface area contributed by atoms with Gasteiger partial charge in [-0.25, -0.2) is 5.43 Å². The number of hydrogen-bond donors (Lipinski definition) is 1. The van der Waals surface area contributed by atoms with Crippen molar-refractivity contribution >= 4 is 23.0 Å². The van der Waals surface area contributed by atoms with Crippen LogP contribution in [-0.4, -0.2) is 23.8 Å². The van der Waals surface area contributed by atoms with Crippen molar-refractivity contribution in [3.63, 3.8) is 0 Å². The summed E-state index contributed by atoms with van der Waals surface area (Å²) in [6.45, 7) is 0.0855. The van der Waals surface area contributed by atoms with Crippen molar-refractivity contribution in [1.82, 2.24) is 9.99 Å². The first-order chi connectivity index (χ1) is 12.2. The summed E-state index contributed by atoms with van der Waals surface area (Å²) in [5, 5.41) is 14.0. The number of hydrazone groups is 1. The average Bonchev–Trinajstić information content (AvgIpc) is 3.00. The molecule has 0 unspecified atom stereocenters. The number of methoxy groups -OCH3 is 1. The van der Waals surface area contributed by atoms with Crippen LogP contribution >= 0.6 is 0 Å². The summed E-state index contributed by atoms with van der Waals surface area (Å²) in [6.07, 6.45) is 3.24. The second-order valence-corrected chi connectivity index (χ2v) is 5.37. The normalized spacial score (nSPS) is 10.7. The minimum Gasteiger partial charge on any atom is -0.497 e. The molecule has 3 rings (SSSR count). The molecule has 0 fully saturated rings. The third-order valence-corrected chi connectivity index (χ3v) is 3.74. The summed E-state index contributed by atoms with van der Waals surface area (Å²) in [5.41, 5.74) is 4.73. The predicted molar refractivity (Wildman–Crippen MR) is 95.4 cm³/mol. The van der Waals surface area contributed by atoms with Crippen molar-refractivity contribution < 1.29 is 9.53 Å². The van der Waals surface area contributed by atoms with Crippen molar-refractivity contribution in [3.05, 3.63) is 65.9 Å². The molecule has 2 aromatic carbocycles. The fourth-order valence-electron chi connectivity index (χ4n) is 2.53. The third kappa shape index (κ3) is 3.67. The van der Waals surface area contributed by atoms with Crippen LogP contribution in [0.15, 0.2) is 59.8 Å². The zero-order valence-electron chi connectivity index (χ0n) is 13.6. The van der Waals surface area contributed by atoms with Gasteiger partial charge in [0, 0.05) is 17.1 Å². The lowest BCUT2D eigenvalue weighted by atomic mass is 10.2. The van der Waals surface area contributed by atoms with Gasteiger partial charge in [-0.2, -0.15) is 10.4 Å². The van der Waals surface area contributed by atoms with Crippen LogP contribution in [0.2, 0.25) is 0 Å². The van der Waals surface area contributed by atoms with Crippen LogP contribution in [0.1, 0.15) is 11.1 Å². The molecule has 0 saturated carbocycles. The minimum absolute atomic E-state index is 0.0855. The third-order valence-electron chi connectivity index (χ3n) is 3.74. The molecule has 1 heterocycles. The molecule has 0 aliphatic heterocycles. The molecular weight excluding hydrogens is 316 g/mol. The number of aromatic nitrogens is 1. The van der Waals surface area contributed by atoms with E-state index in [0.29, 0.717) is 5.56 Å². The topological polar surface area (TPSA) is 79.4 Å². The van der Waals surface area contributed by atoms with Crippen molar-refractivity contribution in [1.29, 1.82) is 5.26 Å². The van der Waals surface area contributed by atoms with Crippen molar-refractivity contribution in [2.75, 3.05) is 7.11 Å². The molecule has 124 valence electrons. The zero-order chi connectivity index (χ0) is 17.6. The summed E-state index contributed by atoms with van der Waals surface area (Å²) in [5.74, 6) is 0.490. The van der Waals surface area contributed by atoms with Gasteiger partial charge in [0.1, 0.15) is 18.4 Å². The molecule has 0 atom stereocenters. The Morgan fingerprint density at radius 3 is 2.76 bits per heavy atom. The molecule has 1 amide bonds. The van der Waals surface area contributed by atoms with Gasteiger partial charge in [-0.1, -0.05) is 18.2 Å². The van der Waals surface area contributed by atoms with E-state index >= 15 is 0 Å². The Kier molecular flexibility index (Phi) is 4.77. The summed E-state index contributed by atoms with van der Waals surface area (Å²) in [6, 6.07) is 16.9. The monoisotopic (exact) mass is 332 g/mol. The first-order valence-corrected chi connectivity index (χ1v) is 7.65. The first-order valence-electron chi connectivity index (χ1n) is 7.65. The lowest BCUT2D eigenvalue weighted by molar-refractivity contribution is -0.121. The van der Waals surface area contributed by atoms with Gasteiger partial charge >= 0.3 is 0 Å². The van der Waals surface area contributed by atoms with E-state index < -0.39 is 0 Å². The average molecular weight is 332 g/mol. The molecule has 1 N–H and O–H groups in total. The number of rotatable bonds is 5. The van der Waals surface area contributed by atoms with E-state index in [1.165, 1.54) is 0 Å². The van der Waals surface area contributed by atoms with E-state index in [9.17, 15) is 10.1 Å². The van der Waals surface area contributed by atoms with E-state index in [1.54, 1.807) is 24.1 Å². The molecule has 1 aromatic heterocycles. The second kappa shape index (κ2) is 7.32. The molecule has 0 radical (unpaired) electrons. The zero-order valence-corrected chi connectivity index (χ0v) is 13.6. The van der Waals surface area contributed by atoms with Crippen LogP contribution in [0.25, 0.3) is 10.9 Å². The fourth-order valence-corrected chi connectivity index (χ4v) is 2.53. The van der Waals surface area contributed by atoms with Crippen LogP contribution in [0.5, 0.6) is 5.75 Å². The van der Waals surface area contributed by atoms with Gasteiger partial charge in [0.05, 0.1) is 18.9 Å². The smallest absolute Gasteiger partial charge is 0.259 e. The van der Waals surface area contributed by atoms with Crippen molar-refractivity contribution in [2.45, 2.75) is 6.54 Å². The quantitative estimate of drug-likeness (QED) is 0.576.